The minimum atomic E-state index is -3.15. The zero-order valence-corrected chi connectivity index (χ0v) is 10.3. The third-order valence-electron chi connectivity index (χ3n) is 3.38. The Labute approximate surface area is 100 Å². The number of sulfone groups is 1. The quantitative estimate of drug-likeness (QED) is 0.886. The first-order valence-electron chi connectivity index (χ1n) is 5.59. The van der Waals surface area contributed by atoms with Gasteiger partial charge < -0.3 is 5.11 Å². The van der Waals surface area contributed by atoms with E-state index in [4.69, 9.17) is 0 Å². The van der Waals surface area contributed by atoms with Gasteiger partial charge in [0.2, 0.25) is 0 Å². The first kappa shape index (κ1) is 12.5. The first-order chi connectivity index (χ1) is 8.01. The molecule has 1 aliphatic carbocycles. The summed E-state index contributed by atoms with van der Waals surface area (Å²) < 4.78 is 36.4. The Morgan fingerprint density at radius 1 is 1.29 bits per heavy atom. The van der Waals surface area contributed by atoms with Crippen molar-refractivity contribution in [3.05, 3.63) is 35.6 Å². The van der Waals surface area contributed by atoms with E-state index in [9.17, 15) is 17.9 Å². The van der Waals surface area contributed by atoms with Crippen LogP contribution in [0.25, 0.3) is 0 Å². The fraction of sp³-hybridized carbons (Fsp3) is 0.500. The molecule has 0 bridgehead atoms. The van der Waals surface area contributed by atoms with Gasteiger partial charge in [-0.1, -0.05) is 19.1 Å². The summed E-state index contributed by atoms with van der Waals surface area (Å²) >= 11 is 0. The van der Waals surface area contributed by atoms with E-state index in [1.807, 2.05) is 0 Å². The molecular weight excluding hydrogens is 243 g/mol. The van der Waals surface area contributed by atoms with Crippen LogP contribution in [0.3, 0.4) is 0 Å². The number of benzene rings is 1. The summed E-state index contributed by atoms with van der Waals surface area (Å²) in [5.74, 6) is -0.702. The van der Waals surface area contributed by atoms with Gasteiger partial charge in [0.1, 0.15) is 5.82 Å². The summed E-state index contributed by atoms with van der Waals surface area (Å²) in [6.07, 6.45) is 0. The van der Waals surface area contributed by atoms with Crippen molar-refractivity contribution in [2.45, 2.75) is 18.1 Å². The van der Waals surface area contributed by atoms with E-state index in [-0.39, 0.29) is 30.0 Å². The molecule has 0 saturated heterocycles. The van der Waals surface area contributed by atoms with Crippen molar-refractivity contribution in [2.75, 3.05) is 12.4 Å². The van der Waals surface area contributed by atoms with E-state index in [1.54, 1.807) is 19.1 Å². The summed E-state index contributed by atoms with van der Waals surface area (Å²) in [7, 11) is -3.15. The maximum absolute atomic E-state index is 12.8. The maximum Gasteiger partial charge on any atom is 0.153 e. The van der Waals surface area contributed by atoms with Crippen LogP contribution in [-0.2, 0) is 9.84 Å². The molecular formula is C12H15FO3S. The SMILES string of the molecule is CCS(=O)(=O)[C@@H]1[C@@H](CO)[C@@H]1c1ccc(F)cc1. The van der Waals surface area contributed by atoms with Crippen LogP contribution < -0.4 is 0 Å². The van der Waals surface area contributed by atoms with Crippen LogP contribution in [-0.4, -0.2) is 31.1 Å². The Morgan fingerprint density at radius 3 is 2.35 bits per heavy atom. The molecule has 94 valence electrons. The van der Waals surface area contributed by atoms with Crippen molar-refractivity contribution in [1.82, 2.24) is 0 Å². The summed E-state index contributed by atoms with van der Waals surface area (Å²) in [5, 5.41) is 8.67. The number of rotatable bonds is 4. The number of aliphatic hydroxyl groups excluding tert-OH is 1. The Morgan fingerprint density at radius 2 is 1.88 bits per heavy atom. The molecule has 1 aromatic carbocycles. The van der Waals surface area contributed by atoms with Crippen molar-refractivity contribution >= 4 is 9.84 Å². The molecule has 5 heteroatoms. The molecule has 0 amide bonds. The third kappa shape index (κ3) is 2.21. The predicted molar refractivity (Wildman–Crippen MR) is 63.0 cm³/mol. The van der Waals surface area contributed by atoms with Gasteiger partial charge in [0, 0.05) is 24.2 Å². The highest BCUT2D eigenvalue weighted by atomic mass is 32.2. The van der Waals surface area contributed by atoms with Gasteiger partial charge in [-0.3, -0.25) is 0 Å². The van der Waals surface area contributed by atoms with Gasteiger partial charge in [-0.15, -0.1) is 0 Å². The van der Waals surface area contributed by atoms with E-state index in [0.717, 1.165) is 5.56 Å². The molecule has 2 rings (SSSR count). The molecule has 1 aromatic rings. The Kier molecular flexibility index (Phi) is 3.23. The Balaban J connectivity index is 2.26. The topological polar surface area (TPSA) is 54.4 Å². The number of hydrogen-bond acceptors (Lipinski definition) is 3. The second-order valence-corrected chi connectivity index (χ2v) is 6.79. The van der Waals surface area contributed by atoms with E-state index in [0.29, 0.717) is 0 Å². The van der Waals surface area contributed by atoms with Gasteiger partial charge in [-0.25, -0.2) is 12.8 Å². The number of aliphatic hydroxyl groups is 1. The monoisotopic (exact) mass is 258 g/mol. The molecule has 17 heavy (non-hydrogen) atoms. The smallest absolute Gasteiger partial charge is 0.153 e. The molecule has 1 aliphatic rings. The lowest BCUT2D eigenvalue weighted by atomic mass is 10.1. The summed E-state index contributed by atoms with van der Waals surface area (Å²) in [5.41, 5.74) is 0.785. The molecule has 1 N–H and O–H groups in total. The fourth-order valence-electron chi connectivity index (χ4n) is 2.36. The van der Waals surface area contributed by atoms with Crippen molar-refractivity contribution in [2.24, 2.45) is 5.92 Å². The first-order valence-corrected chi connectivity index (χ1v) is 7.30. The summed E-state index contributed by atoms with van der Waals surface area (Å²) in [4.78, 5) is 0. The van der Waals surface area contributed by atoms with Gasteiger partial charge in [0.05, 0.1) is 5.25 Å². The minimum absolute atomic E-state index is 0.0753. The van der Waals surface area contributed by atoms with Crippen LogP contribution in [0.15, 0.2) is 24.3 Å². The Hall–Kier alpha value is -0.940. The highest BCUT2D eigenvalue weighted by molar-refractivity contribution is 7.92. The molecule has 0 unspecified atom stereocenters. The van der Waals surface area contributed by atoms with E-state index in [2.05, 4.69) is 0 Å². The molecule has 3 atom stereocenters. The number of halogens is 1. The molecule has 0 radical (unpaired) electrons. The largest absolute Gasteiger partial charge is 0.396 e. The molecule has 3 nitrogen and oxygen atoms in total. The zero-order valence-electron chi connectivity index (χ0n) is 9.51. The predicted octanol–water partition coefficient (Wildman–Crippen LogP) is 1.33. The minimum Gasteiger partial charge on any atom is -0.396 e. The molecule has 0 aliphatic heterocycles. The lowest BCUT2D eigenvalue weighted by Crippen LogP contribution is -2.13. The zero-order chi connectivity index (χ0) is 12.6. The van der Waals surface area contributed by atoms with E-state index < -0.39 is 15.1 Å². The van der Waals surface area contributed by atoms with E-state index >= 15 is 0 Å². The summed E-state index contributed by atoms with van der Waals surface area (Å²) in [6, 6.07) is 5.82. The highest BCUT2D eigenvalue weighted by Crippen LogP contribution is 2.52. The highest BCUT2D eigenvalue weighted by Gasteiger charge is 2.57. The molecule has 0 aromatic heterocycles. The van der Waals surface area contributed by atoms with E-state index in [1.165, 1.54) is 12.1 Å². The molecule has 0 heterocycles. The van der Waals surface area contributed by atoms with Crippen molar-refractivity contribution in [3.63, 3.8) is 0 Å². The second kappa shape index (κ2) is 4.38. The molecule has 0 spiro atoms. The third-order valence-corrected chi connectivity index (χ3v) is 5.66. The normalized spacial score (nSPS) is 28.1. The van der Waals surface area contributed by atoms with Gasteiger partial charge in [-0.05, 0) is 17.7 Å². The van der Waals surface area contributed by atoms with Crippen molar-refractivity contribution in [1.29, 1.82) is 0 Å². The van der Waals surface area contributed by atoms with Crippen LogP contribution in [0.2, 0.25) is 0 Å². The van der Waals surface area contributed by atoms with Crippen LogP contribution in [0.4, 0.5) is 4.39 Å². The van der Waals surface area contributed by atoms with Crippen LogP contribution in [0.1, 0.15) is 18.4 Å². The van der Waals surface area contributed by atoms with Crippen LogP contribution in [0, 0.1) is 11.7 Å². The average molecular weight is 258 g/mol. The van der Waals surface area contributed by atoms with Crippen LogP contribution in [0.5, 0.6) is 0 Å². The lowest BCUT2D eigenvalue weighted by molar-refractivity contribution is 0.274. The van der Waals surface area contributed by atoms with Gasteiger partial charge in [-0.2, -0.15) is 0 Å². The Bertz CT molecular complexity index is 495. The van der Waals surface area contributed by atoms with Gasteiger partial charge >= 0.3 is 0 Å². The standard InChI is InChI=1S/C12H15FO3S/c1-2-17(15,16)12-10(7-14)11(12)8-3-5-9(13)6-4-8/h3-6,10-12,14H,2,7H2,1H3/t10-,11-,12+/m0/s1. The molecule has 1 fully saturated rings. The average Bonchev–Trinajstić information content (AvgIpc) is 3.05. The maximum atomic E-state index is 12.8. The van der Waals surface area contributed by atoms with Crippen molar-refractivity contribution < 1.29 is 17.9 Å². The van der Waals surface area contributed by atoms with Crippen LogP contribution >= 0.6 is 0 Å². The van der Waals surface area contributed by atoms with Gasteiger partial charge in [0.15, 0.2) is 9.84 Å². The molecule has 1 saturated carbocycles. The lowest BCUT2D eigenvalue weighted by Gasteiger charge is -2.00. The second-order valence-electron chi connectivity index (χ2n) is 4.34. The fourth-order valence-corrected chi connectivity index (χ4v) is 4.25. The van der Waals surface area contributed by atoms with Gasteiger partial charge in [0.25, 0.3) is 0 Å². The number of hydrogen-bond donors (Lipinski definition) is 1. The van der Waals surface area contributed by atoms with Crippen molar-refractivity contribution in [3.8, 4) is 0 Å². The summed E-state index contributed by atoms with van der Waals surface area (Å²) in [6.45, 7) is 1.45.